The van der Waals surface area contributed by atoms with Gasteiger partial charge in [0.1, 0.15) is 0 Å². The van der Waals surface area contributed by atoms with E-state index in [1.54, 1.807) is 11.3 Å². The van der Waals surface area contributed by atoms with Crippen LogP contribution in [0.5, 0.6) is 0 Å². The third-order valence-electron chi connectivity index (χ3n) is 2.93. The van der Waals surface area contributed by atoms with Gasteiger partial charge in [-0.3, -0.25) is 4.40 Å². The van der Waals surface area contributed by atoms with Gasteiger partial charge in [0.25, 0.3) is 0 Å². The van der Waals surface area contributed by atoms with Crippen LogP contribution in [0.3, 0.4) is 0 Å². The summed E-state index contributed by atoms with van der Waals surface area (Å²) in [6.45, 7) is 9.75. The average Bonchev–Trinajstić information content (AvgIpc) is 2.77. The molecule has 0 aromatic carbocycles. The number of fused-ring (bicyclic) bond motifs is 1. The molecule has 0 aliphatic carbocycles. The molecule has 2 heterocycles. The van der Waals surface area contributed by atoms with Crippen LogP contribution in [0.2, 0.25) is 0 Å². The van der Waals surface area contributed by atoms with Gasteiger partial charge in [-0.1, -0.05) is 20.8 Å². The van der Waals surface area contributed by atoms with Crippen LogP contribution in [-0.4, -0.2) is 29.0 Å². The number of nitrogens with zero attached hydrogens (tertiary/aromatic N) is 3. The van der Waals surface area contributed by atoms with Crippen molar-refractivity contribution in [3.8, 4) is 0 Å². The highest BCUT2D eigenvalue weighted by atomic mass is 32.1. The van der Waals surface area contributed by atoms with Gasteiger partial charge in [0.2, 0.25) is 0 Å². The lowest BCUT2D eigenvalue weighted by Gasteiger charge is -2.27. The van der Waals surface area contributed by atoms with E-state index < -0.39 is 0 Å². The summed E-state index contributed by atoms with van der Waals surface area (Å²) in [6.07, 6.45) is 2.93. The van der Waals surface area contributed by atoms with Gasteiger partial charge in [-0.05, 0) is 12.3 Å². The minimum absolute atomic E-state index is 0.140. The first-order valence-corrected chi connectivity index (χ1v) is 7.57. The van der Waals surface area contributed by atoms with Crippen LogP contribution in [0.25, 0.3) is 4.96 Å². The number of hydrogen-bond donors (Lipinski definition) is 1. The smallest absolute Gasteiger partial charge is 0.195 e. The van der Waals surface area contributed by atoms with Gasteiger partial charge in [-0.2, -0.15) is 0 Å². The van der Waals surface area contributed by atoms with Crippen molar-refractivity contribution in [1.29, 1.82) is 0 Å². The van der Waals surface area contributed by atoms with Crippen LogP contribution in [-0.2, 0) is 6.42 Å². The molecular weight excluding hydrogens is 256 g/mol. The second-order valence-corrected chi connectivity index (χ2v) is 7.41. The normalized spacial score (nSPS) is 14.0. The Morgan fingerprint density at radius 2 is 2.16 bits per heavy atom. The van der Waals surface area contributed by atoms with Crippen LogP contribution in [0.1, 0.15) is 33.4 Å². The molecular formula is C14H24N4S. The van der Waals surface area contributed by atoms with E-state index >= 15 is 0 Å². The summed E-state index contributed by atoms with van der Waals surface area (Å²) in [6, 6.07) is 0.140. The second-order valence-electron chi connectivity index (χ2n) is 6.54. The van der Waals surface area contributed by atoms with Crippen molar-refractivity contribution < 1.29 is 0 Å². The van der Waals surface area contributed by atoms with Crippen LogP contribution >= 0.6 is 11.3 Å². The Labute approximate surface area is 119 Å². The van der Waals surface area contributed by atoms with E-state index in [0.29, 0.717) is 0 Å². The van der Waals surface area contributed by atoms with Gasteiger partial charge in [-0.25, -0.2) is 4.98 Å². The molecule has 0 amide bonds. The zero-order chi connectivity index (χ0) is 14.2. The molecule has 0 fully saturated rings. The first kappa shape index (κ1) is 14.3. The van der Waals surface area contributed by atoms with Crippen molar-refractivity contribution in [2.75, 3.05) is 18.5 Å². The number of aromatic nitrogens is 2. The number of anilines is 1. The van der Waals surface area contributed by atoms with E-state index in [0.717, 1.165) is 23.7 Å². The highest BCUT2D eigenvalue weighted by Gasteiger charge is 2.21. The van der Waals surface area contributed by atoms with Gasteiger partial charge in [0.15, 0.2) is 10.8 Å². The van der Waals surface area contributed by atoms with Crippen molar-refractivity contribution in [2.45, 2.75) is 40.2 Å². The van der Waals surface area contributed by atoms with Gasteiger partial charge >= 0.3 is 0 Å². The maximum atomic E-state index is 5.98. The Bertz CT molecular complexity index is 547. The van der Waals surface area contributed by atoms with E-state index in [2.05, 4.69) is 48.7 Å². The van der Waals surface area contributed by atoms with Gasteiger partial charge in [0.05, 0.1) is 5.69 Å². The number of imidazole rings is 1. The summed E-state index contributed by atoms with van der Waals surface area (Å²) in [5, 5.41) is 2.07. The van der Waals surface area contributed by atoms with Crippen LogP contribution in [0.15, 0.2) is 11.6 Å². The highest BCUT2D eigenvalue weighted by Crippen LogP contribution is 2.27. The van der Waals surface area contributed by atoms with Crippen molar-refractivity contribution in [1.82, 2.24) is 9.38 Å². The number of thiazole rings is 1. The van der Waals surface area contributed by atoms with Gasteiger partial charge < -0.3 is 10.6 Å². The van der Waals surface area contributed by atoms with Crippen molar-refractivity contribution in [3.63, 3.8) is 0 Å². The Hall–Kier alpha value is -1.07. The zero-order valence-electron chi connectivity index (χ0n) is 12.5. The number of nitrogens with two attached hydrogens (primary N) is 1. The van der Waals surface area contributed by atoms with E-state index in [1.165, 1.54) is 5.69 Å². The first-order chi connectivity index (χ1) is 8.78. The van der Waals surface area contributed by atoms with Crippen molar-refractivity contribution >= 4 is 22.1 Å². The van der Waals surface area contributed by atoms with E-state index in [4.69, 9.17) is 10.7 Å². The van der Waals surface area contributed by atoms with Crippen LogP contribution < -0.4 is 10.6 Å². The standard InChI is InChI=1S/C14H24N4S/c1-10(15)8-11-12(17(5)9-14(2,3)4)16-13-18(11)6-7-19-13/h6-7,10H,8-9,15H2,1-5H3. The molecule has 0 aliphatic rings. The molecule has 19 heavy (non-hydrogen) atoms. The molecule has 0 aliphatic heterocycles. The molecule has 2 rings (SSSR count). The molecule has 1 unspecified atom stereocenters. The van der Waals surface area contributed by atoms with E-state index in [1.807, 2.05) is 6.92 Å². The summed E-state index contributed by atoms with van der Waals surface area (Å²) in [5.74, 6) is 1.07. The molecule has 2 aromatic rings. The molecule has 0 spiro atoms. The highest BCUT2D eigenvalue weighted by molar-refractivity contribution is 7.15. The van der Waals surface area contributed by atoms with Crippen LogP contribution in [0.4, 0.5) is 5.82 Å². The van der Waals surface area contributed by atoms with Crippen molar-refractivity contribution in [2.24, 2.45) is 11.1 Å². The lowest BCUT2D eigenvalue weighted by Crippen LogP contribution is -2.30. The minimum Gasteiger partial charge on any atom is -0.358 e. The molecule has 106 valence electrons. The average molecular weight is 280 g/mol. The quantitative estimate of drug-likeness (QED) is 0.936. The van der Waals surface area contributed by atoms with E-state index in [-0.39, 0.29) is 11.5 Å². The molecule has 0 bridgehead atoms. The SMILES string of the molecule is CC(N)Cc1c(N(C)CC(C)(C)C)nc2sccn12. The van der Waals surface area contributed by atoms with Gasteiger partial charge in [0, 0.05) is 37.6 Å². The molecule has 1 atom stereocenters. The largest absolute Gasteiger partial charge is 0.358 e. The molecule has 0 saturated heterocycles. The third-order valence-corrected chi connectivity index (χ3v) is 3.68. The van der Waals surface area contributed by atoms with E-state index in [9.17, 15) is 0 Å². The van der Waals surface area contributed by atoms with Gasteiger partial charge in [-0.15, -0.1) is 11.3 Å². The summed E-state index contributed by atoms with van der Waals surface area (Å²) >= 11 is 1.67. The maximum Gasteiger partial charge on any atom is 0.195 e. The minimum atomic E-state index is 0.140. The Kier molecular flexibility index (Phi) is 3.87. The zero-order valence-corrected chi connectivity index (χ0v) is 13.3. The topological polar surface area (TPSA) is 46.6 Å². The molecule has 0 saturated carbocycles. The summed E-state index contributed by atoms with van der Waals surface area (Å²) in [7, 11) is 2.11. The van der Waals surface area contributed by atoms with Crippen molar-refractivity contribution in [3.05, 3.63) is 17.3 Å². The molecule has 5 heteroatoms. The molecule has 2 N–H and O–H groups in total. The lowest BCUT2D eigenvalue weighted by molar-refractivity contribution is 0.417. The Balaban J connectivity index is 2.38. The Morgan fingerprint density at radius 1 is 1.47 bits per heavy atom. The first-order valence-electron chi connectivity index (χ1n) is 6.69. The summed E-state index contributed by atoms with van der Waals surface area (Å²) < 4.78 is 2.17. The monoisotopic (exact) mass is 280 g/mol. The predicted octanol–water partition coefficient (Wildman–Crippen LogP) is 2.77. The number of hydrogen-bond acceptors (Lipinski definition) is 4. The number of rotatable bonds is 4. The third kappa shape index (κ3) is 3.28. The maximum absolute atomic E-state index is 5.98. The second kappa shape index (κ2) is 5.13. The fourth-order valence-electron chi connectivity index (χ4n) is 2.41. The lowest BCUT2D eigenvalue weighted by atomic mass is 9.96. The summed E-state index contributed by atoms with van der Waals surface area (Å²) in [4.78, 5) is 8.06. The predicted molar refractivity (Wildman–Crippen MR) is 83.1 cm³/mol. The fourth-order valence-corrected chi connectivity index (χ4v) is 3.14. The molecule has 2 aromatic heterocycles. The molecule has 4 nitrogen and oxygen atoms in total. The molecule has 0 radical (unpaired) electrons. The van der Waals surface area contributed by atoms with Crippen LogP contribution in [0, 0.1) is 5.41 Å². The fraction of sp³-hybridized carbons (Fsp3) is 0.643. The Morgan fingerprint density at radius 3 is 2.74 bits per heavy atom. The summed E-state index contributed by atoms with van der Waals surface area (Å²) in [5.41, 5.74) is 7.45.